The third-order valence-electron chi connectivity index (χ3n) is 6.01. The van der Waals surface area contributed by atoms with Crippen molar-refractivity contribution in [2.45, 2.75) is 24.2 Å². The van der Waals surface area contributed by atoms with E-state index in [1.54, 1.807) is 31.2 Å². The summed E-state index contributed by atoms with van der Waals surface area (Å²) in [4.78, 5) is 28.4. The number of ketones is 2. The van der Waals surface area contributed by atoms with Gasteiger partial charge < -0.3 is 9.64 Å². The Morgan fingerprint density at radius 2 is 1.87 bits per heavy atom. The van der Waals surface area contributed by atoms with E-state index in [2.05, 4.69) is 9.21 Å². The van der Waals surface area contributed by atoms with Gasteiger partial charge >= 0.3 is 0 Å². The standard InChI is InChI=1S/C24H27FN2O3S/c1-30-20-7-8-21-22(28)16-27(31-23(21)15-20)12-2-11-26-13-9-18(10-14-26)24(29)17-3-5-19(25)6-4-17/h3-8,15,18H,2,9-14,16H2,1H3. The number of methoxy groups -OCH3 is 1. The molecule has 31 heavy (non-hydrogen) atoms. The predicted molar refractivity (Wildman–Crippen MR) is 119 cm³/mol. The number of benzene rings is 2. The van der Waals surface area contributed by atoms with Gasteiger partial charge in [0.05, 0.1) is 13.7 Å². The van der Waals surface area contributed by atoms with Gasteiger partial charge in [-0.05, 0) is 93.3 Å². The first-order chi connectivity index (χ1) is 15.0. The number of piperidine rings is 1. The average molecular weight is 443 g/mol. The molecule has 164 valence electrons. The van der Waals surface area contributed by atoms with E-state index >= 15 is 0 Å². The molecule has 0 radical (unpaired) electrons. The van der Waals surface area contributed by atoms with Crippen LogP contribution in [0.1, 0.15) is 40.0 Å². The molecular weight excluding hydrogens is 415 g/mol. The van der Waals surface area contributed by atoms with Crippen molar-refractivity contribution in [3.63, 3.8) is 0 Å². The van der Waals surface area contributed by atoms with Gasteiger partial charge in [-0.2, -0.15) is 0 Å². The van der Waals surface area contributed by atoms with E-state index < -0.39 is 0 Å². The molecule has 5 nitrogen and oxygen atoms in total. The number of ether oxygens (including phenoxy) is 1. The van der Waals surface area contributed by atoms with Crippen molar-refractivity contribution in [2.24, 2.45) is 5.92 Å². The first kappa shape index (κ1) is 22.0. The minimum atomic E-state index is -0.317. The molecule has 1 fully saturated rings. The third kappa shape index (κ3) is 5.34. The molecule has 0 N–H and O–H groups in total. The summed E-state index contributed by atoms with van der Waals surface area (Å²) in [6.45, 7) is 4.00. The molecule has 7 heteroatoms. The van der Waals surface area contributed by atoms with Crippen molar-refractivity contribution < 1.29 is 18.7 Å². The van der Waals surface area contributed by atoms with Crippen LogP contribution in [0.4, 0.5) is 4.39 Å². The molecular formula is C24H27FN2O3S. The molecule has 2 aliphatic rings. The van der Waals surface area contributed by atoms with E-state index in [-0.39, 0.29) is 23.3 Å². The van der Waals surface area contributed by atoms with E-state index in [1.807, 2.05) is 18.2 Å². The highest BCUT2D eigenvalue weighted by Gasteiger charge is 2.27. The van der Waals surface area contributed by atoms with Crippen molar-refractivity contribution in [1.82, 2.24) is 9.21 Å². The van der Waals surface area contributed by atoms with E-state index in [9.17, 15) is 14.0 Å². The van der Waals surface area contributed by atoms with Gasteiger partial charge in [0, 0.05) is 28.5 Å². The number of hydrogen-bond acceptors (Lipinski definition) is 6. The van der Waals surface area contributed by atoms with Crippen LogP contribution < -0.4 is 4.74 Å². The smallest absolute Gasteiger partial charge is 0.178 e. The summed E-state index contributed by atoms with van der Waals surface area (Å²) >= 11 is 1.62. The highest BCUT2D eigenvalue weighted by atomic mass is 32.2. The maximum atomic E-state index is 13.1. The molecule has 0 saturated carbocycles. The van der Waals surface area contributed by atoms with Crippen molar-refractivity contribution >= 4 is 23.5 Å². The molecule has 2 aliphatic heterocycles. The Balaban J connectivity index is 1.22. The maximum Gasteiger partial charge on any atom is 0.178 e. The summed E-state index contributed by atoms with van der Waals surface area (Å²) < 4.78 is 20.5. The number of halogens is 1. The zero-order valence-corrected chi connectivity index (χ0v) is 18.5. The van der Waals surface area contributed by atoms with Gasteiger partial charge in [0.25, 0.3) is 0 Å². The van der Waals surface area contributed by atoms with Crippen LogP contribution in [0.15, 0.2) is 47.4 Å². The van der Waals surface area contributed by atoms with Crippen molar-refractivity contribution in [1.29, 1.82) is 0 Å². The van der Waals surface area contributed by atoms with Gasteiger partial charge in [0.15, 0.2) is 11.6 Å². The summed E-state index contributed by atoms with van der Waals surface area (Å²) in [6, 6.07) is 11.5. The number of carbonyl (C=O) groups is 2. The Kier molecular flexibility index (Phi) is 7.05. The van der Waals surface area contributed by atoms with Gasteiger partial charge in [0.2, 0.25) is 0 Å². The van der Waals surface area contributed by atoms with Gasteiger partial charge in [-0.25, -0.2) is 8.70 Å². The number of hydrogen-bond donors (Lipinski definition) is 0. The molecule has 2 aromatic carbocycles. The lowest BCUT2D eigenvalue weighted by atomic mass is 9.89. The first-order valence-corrected chi connectivity index (χ1v) is 11.5. The van der Waals surface area contributed by atoms with Crippen LogP contribution in [0.25, 0.3) is 0 Å². The summed E-state index contributed by atoms with van der Waals surface area (Å²) in [5, 5.41) is 0. The number of carbonyl (C=O) groups excluding carboxylic acids is 2. The summed E-state index contributed by atoms with van der Waals surface area (Å²) in [6.07, 6.45) is 2.64. The lowest BCUT2D eigenvalue weighted by Crippen LogP contribution is -2.38. The van der Waals surface area contributed by atoms with Gasteiger partial charge in [-0.15, -0.1) is 0 Å². The largest absolute Gasteiger partial charge is 0.497 e. The molecule has 0 amide bonds. The lowest BCUT2D eigenvalue weighted by Gasteiger charge is -2.32. The molecule has 0 aromatic heterocycles. The van der Waals surface area contributed by atoms with Crippen LogP contribution >= 0.6 is 11.9 Å². The molecule has 0 atom stereocenters. The van der Waals surface area contributed by atoms with Crippen LogP contribution in [0.2, 0.25) is 0 Å². The Hall–Kier alpha value is -2.22. The second kappa shape index (κ2) is 9.94. The number of Topliss-reactive ketones (excluding diaryl/α,β-unsaturated/α-hetero) is 2. The average Bonchev–Trinajstić information content (AvgIpc) is 2.79. The van der Waals surface area contributed by atoms with E-state index in [0.717, 1.165) is 61.6 Å². The Morgan fingerprint density at radius 3 is 2.58 bits per heavy atom. The molecule has 0 unspecified atom stereocenters. The fourth-order valence-electron chi connectivity index (χ4n) is 4.22. The van der Waals surface area contributed by atoms with Crippen LogP contribution in [0.5, 0.6) is 5.75 Å². The molecule has 0 spiro atoms. The highest BCUT2D eigenvalue weighted by molar-refractivity contribution is 7.97. The highest BCUT2D eigenvalue weighted by Crippen LogP contribution is 2.34. The molecule has 4 rings (SSSR count). The van der Waals surface area contributed by atoms with Crippen molar-refractivity contribution in [2.75, 3.05) is 39.8 Å². The summed E-state index contributed by atoms with van der Waals surface area (Å²) in [5.41, 5.74) is 1.37. The van der Waals surface area contributed by atoms with E-state index in [4.69, 9.17) is 4.74 Å². The second-order valence-electron chi connectivity index (χ2n) is 8.08. The SMILES string of the molecule is COc1ccc2c(c1)SN(CCCN1CCC(C(=O)c3ccc(F)cc3)CC1)CC2=O. The Labute approximate surface area is 186 Å². The number of rotatable bonds is 7. The van der Waals surface area contributed by atoms with E-state index in [0.29, 0.717) is 12.1 Å². The van der Waals surface area contributed by atoms with Crippen molar-refractivity contribution in [3.05, 3.63) is 59.4 Å². The fourth-order valence-corrected chi connectivity index (χ4v) is 5.35. The van der Waals surface area contributed by atoms with Crippen LogP contribution in [0, 0.1) is 11.7 Å². The molecule has 2 aromatic rings. The Bertz CT molecular complexity index is 942. The van der Waals surface area contributed by atoms with Gasteiger partial charge in [-0.1, -0.05) is 0 Å². The number of fused-ring (bicyclic) bond motifs is 1. The van der Waals surface area contributed by atoms with Crippen molar-refractivity contribution in [3.8, 4) is 5.75 Å². The monoisotopic (exact) mass is 442 g/mol. The number of nitrogens with zero attached hydrogens (tertiary/aromatic N) is 2. The molecule has 0 aliphatic carbocycles. The second-order valence-corrected chi connectivity index (χ2v) is 9.22. The first-order valence-electron chi connectivity index (χ1n) is 10.7. The predicted octanol–water partition coefficient (Wildman–Crippen LogP) is 4.32. The minimum absolute atomic E-state index is 0.0171. The van der Waals surface area contributed by atoms with Crippen LogP contribution in [-0.4, -0.2) is 60.6 Å². The fraction of sp³-hybridized carbons (Fsp3) is 0.417. The Morgan fingerprint density at radius 1 is 1.13 bits per heavy atom. The quantitative estimate of drug-likeness (QED) is 0.470. The topological polar surface area (TPSA) is 49.9 Å². The van der Waals surface area contributed by atoms with E-state index in [1.165, 1.54) is 12.1 Å². The van der Waals surface area contributed by atoms with Gasteiger partial charge in [-0.3, -0.25) is 9.59 Å². The molecule has 0 bridgehead atoms. The summed E-state index contributed by atoms with van der Waals surface area (Å²) in [5.74, 6) is 0.735. The van der Waals surface area contributed by atoms with Crippen LogP contribution in [-0.2, 0) is 0 Å². The minimum Gasteiger partial charge on any atom is -0.497 e. The zero-order valence-electron chi connectivity index (χ0n) is 17.7. The number of likely N-dealkylation sites (tertiary alicyclic amines) is 1. The van der Waals surface area contributed by atoms with Gasteiger partial charge in [0.1, 0.15) is 11.6 Å². The summed E-state index contributed by atoms with van der Waals surface area (Å²) in [7, 11) is 1.63. The third-order valence-corrected chi connectivity index (χ3v) is 7.11. The normalized spacial score (nSPS) is 18.1. The lowest BCUT2D eigenvalue weighted by molar-refractivity contribution is 0.0838. The molecule has 2 heterocycles. The maximum absolute atomic E-state index is 13.1. The van der Waals surface area contributed by atoms with Crippen LogP contribution in [0.3, 0.4) is 0 Å². The zero-order chi connectivity index (χ0) is 21.8. The molecule has 1 saturated heterocycles.